The third-order valence-electron chi connectivity index (χ3n) is 2.80. The minimum Gasteiger partial charge on any atom is -0.0852 e. The Labute approximate surface area is 121 Å². The van der Waals surface area contributed by atoms with Crippen molar-refractivity contribution in [1.82, 2.24) is 0 Å². The first-order valence-electron chi connectivity index (χ1n) is 7.22. The van der Waals surface area contributed by atoms with Crippen LogP contribution >= 0.6 is 15.5 Å². The molecule has 4 heteroatoms. The van der Waals surface area contributed by atoms with Crippen molar-refractivity contribution in [2.24, 2.45) is 5.92 Å². The number of hydrogen-bond acceptors (Lipinski definition) is 0. The van der Waals surface area contributed by atoms with Crippen LogP contribution in [0.5, 0.6) is 0 Å². The Morgan fingerprint density at radius 2 is 1.28 bits per heavy atom. The molecule has 0 N–H and O–H groups in total. The quantitative estimate of drug-likeness (QED) is 0.397. The largest absolute Gasteiger partial charge is 0.0852 e. The van der Waals surface area contributed by atoms with Gasteiger partial charge in [0.25, 0.3) is 0 Å². The van der Waals surface area contributed by atoms with E-state index in [1.165, 1.54) is 6.16 Å². The van der Waals surface area contributed by atoms with Crippen LogP contribution in [0.15, 0.2) is 0 Å². The summed E-state index contributed by atoms with van der Waals surface area (Å²) in [6.45, 7) is 25.0. The SMILES string of the molecule is CC(C)CP(P=C([Si](C)(C)C)[Si](C)(C)C)C(C)C. The molecule has 0 aliphatic carbocycles. The van der Waals surface area contributed by atoms with Crippen LogP contribution in [-0.4, -0.2) is 32.5 Å². The Balaban J connectivity index is 5.37. The molecule has 0 rings (SSSR count). The zero-order chi connectivity index (χ0) is 14.7. The highest BCUT2D eigenvalue weighted by Gasteiger charge is 2.32. The maximum atomic E-state index is 2.55. The Kier molecular flexibility index (Phi) is 7.57. The predicted molar refractivity (Wildman–Crippen MR) is 100 cm³/mol. The standard InChI is InChI=1S/C14H34P2Si2/c1-12(2)11-16(13(3)4)15-14(17(5,6)7)18(8,9)10/h12-13H,11H2,1-10H3. The van der Waals surface area contributed by atoms with Crippen molar-refractivity contribution in [2.75, 3.05) is 6.16 Å². The molecular formula is C14H34P2Si2. The molecule has 108 valence electrons. The summed E-state index contributed by atoms with van der Waals surface area (Å²) < 4.78 is 2.01. The third-order valence-corrected chi connectivity index (χ3v) is 22.0. The van der Waals surface area contributed by atoms with Gasteiger partial charge in [0.15, 0.2) is 0 Å². The van der Waals surface area contributed by atoms with Gasteiger partial charge in [-0.05, 0) is 17.7 Å². The van der Waals surface area contributed by atoms with Crippen molar-refractivity contribution < 1.29 is 0 Å². The van der Waals surface area contributed by atoms with E-state index >= 15 is 0 Å². The number of hydrogen-bond donors (Lipinski definition) is 0. The Hall–Kier alpha value is 1.03. The van der Waals surface area contributed by atoms with E-state index < -0.39 is 16.1 Å². The van der Waals surface area contributed by atoms with E-state index in [9.17, 15) is 0 Å². The summed E-state index contributed by atoms with van der Waals surface area (Å²) in [4.78, 5) is 0. The summed E-state index contributed by atoms with van der Waals surface area (Å²) in [6, 6.07) is 0. The Morgan fingerprint density at radius 3 is 1.50 bits per heavy atom. The smallest absolute Gasteiger partial charge is 0.0735 e. The minimum absolute atomic E-state index is 0.178. The molecule has 1 atom stereocenters. The fourth-order valence-corrected chi connectivity index (χ4v) is 25.8. The lowest BCUT2D eigenvalue weighted by Crippen LogP contribution is -2.48. The second-order valence-corrected chi connectivity index (χ2v) is 24.5. The molecular weight excluding hydrogens is 286 g/mol. The Bertz CT molecular complexity index is 267. The number of rotatable bonds is 6. The molecule has 0 heterocycles. The summed E-state index contributed by atoms with van der Waals surface area (Å²) >= 11 is 0. The van der Waals surface area contributed by atoms with Crippen LogP contribution in [0.25, 0.3) is 0 Å². The van der Waals surface area contributed by atoms with Gasteiger partial charge < -0.3 is 0 Å². The van der Waals surface area contributed by atoms with Gasteiger partial charge in [0.1, 0.15) is 0 Å². The van der Waals surface area contributed by atoms with Crippen LogP contribution in [0.2, 0.25) is 39.3 Å². The van der Waals surface area contributed by atoms with Crippen LogP contribution < -0.4 is 0 Å². The van der Waals surface area contributed by atoms with Gasteiger partial charge in [0.2, 0.25) is 0 Å². The molecule has 0 radical (unpaired) electrons. The van der Waals surface area contributed by atoms with Gasteiger partial charge in [0.05, 0.1) is 16.1 Å². The van der Waals surface area contributed by atoms with Gasteiger partial charge >= 0.3 is 0 Å². The van der Waals surface area contributed by atoms with Gasteiger partial charge in [-0.25, -0.2) is 0 Å². The van der Waals surface area contributed by atoms with E-state index in [0.29, 0.717) is 0 Å². The van der Waals surface area contributed by atoms with Crippen molar-refractivity contribution >= 4 is 36.2 Å². The second-order valence-electron chi connectivity index (χ2n) is 8.06. The summed E-state index contributed by atoms with van der Waals surface area (Å²) in [5, 5.41) is 0. The van der Waals surface area contributed by atoms with E-state index in [1.807, 2.05) is 4.54 Å². The summed E-state index contributed by atoms with van der Waals surface area (Å²) in [5.41, 5.74) is 0.881. The predicted octanol–water partition coefficient (Wildman–Crippen LogP) is 6.32. The van der Waals surface area contributed by atoms with E-state index in [4.69, 9.17) is 0 Å². The molecule has 1 unspecified atom stereocenters. The van der Waals surface area contributed by atoms with E-state index in [2.05, 4.69) is 67.0 Å². The molecule has 0 bridgehead atoms. The summed E-state index contributed by atoms with van der Waals surface area (Å²) in [6.07, 6.45) is 1.45. The molecule has 0 fully saturated rings. The first kappa shape index (κ1) is 19.0. The van der Waals surface area contributed by atoms with E-state index in [-0.39, 0.29) is 7.61 Å². The van der Waals surface area contributed by atoms with Crippen LogP contribution in [0.1, 0.15) is 27.7 Å². The molecule has 0 saturated carbocycles. The fraction of sp³-hybridized carbons (Fsp3) is 0.929. The maximum Gasteiger partial charge on any atom is 0.0735 e. The van der Waals surface area contributed by atoms with Crippen molar-refractivity contribution in [3.8, 4) is 0 Å². The van der Waals surface area contributed by atoms with Gasteiger partial charge in [-0.1, -0.05) is 87.0 Å². The summed E-state index contributed by atoms with van der Waals surface area (Å²) in [7, 11) is -0.251. The molecule has 0 saturated heterocycles. The van der Waals surface area contributed by atoms with Crippen molar-refractivity contribution in [3.63, 3.8) is 0 Å². The van der Waals surface area contributed by atoms with Crippen LogP contribution in [0.4, 0.5) is 0 Å². The molecule has 18 heavy (non-hydrogen) atoms. The van der Waals surface area contributed by atoms with Crippen LogP contribution in [-0.2, 0) is 0 Å². The zero-order valence-corrected chi connectivity index (χ0v) is 18.0. The second kappa shape index (κ2) is 7.16. The monoisotopic (exact) mass is 320 g/mol. The highest BCUT2D eigenvalue weighted by atomic mass is 32.0. The van der Waals surface area contributed by atoms with E-state index in [0.717, 1.165) is 11.6 Å². The molecule has 0 nitrogen and oxygen atoms in total. The molecule has 0 aromatic rings. The first-order chi connectivity index (χ1) is 7.85. The molecule has 0 aromatic heterocycles. The van der Waals surface area contributed by atoms with Gasteiger partial charge in [0, 0.05) is 0 Å². The first-order valence-corrected chi connectivity index (χ1v) is 17.4. The van der Waals surface area contributed by atoms with Gasteiger partial charge in [-0.3, -0.25) is 0 Å². The summed E-state index contributed by atoms with van der Waals surface area (Å²) in [5.74, 6) is 0.857. The lowest BCUT2D eigenvalue weighted by atomic mass is 10.3. The third kappa shape index (κ3) is 6.99. The maximum absolute atomic E-state index is 2.55. The average molecular weight is 321 g/mol. The Morgan fingerprint density at radius 1 is 0.889 bits per heavy atom. The topological polar surface area (TPSA) is 0 Å². The molecule has 0 aliphatic rings. The average Bonchev–Trinajstić information content (AvgIpc) is 2.06. The van der Waals surface area contributed by atoms with Crippen molar-refractivity contribution in [2.45, 2.75) is 72.6 Å². The zero-order valence-electron chi connectivity index (χ0n) is 14.3. The molecule has 0 aromatic carbocycles. The van der Waals surface area contributed by atoms with E-state index in [1.54, 1.807) is 7.89 Å². The van der Waals surface area contributed by atoms with Gasteiger partial charge in [-0.2, -0.15) is 0 Å². The van der Waals surface area contributed by atoms with Crippen LogP contribution in [0, 0.1) is 5.92 Å². The van der Waals surface area contributed by atoms with Crippen molar-refractivity contribution in [1.29, 1.82) is 0 Å². The molecule has 0 aliphatic heterocycles. The fourth-order valence-electron chi connectivity index (χ4n) is 2.29. The highest BCUT2D eigenvalue weighted by molar-refractivity contribution is 8.23. The van der Waals surface area contributed by atoms with Crippen molar-refractivity contribution in [3.05, 3.63) is 0 Å². The normalized spacial score (nSPS) is 15.6. The highest BCUT2D eigenvalue weighted by Crippen LogP contribution is 2.56. The minimum atomic E-state index is -1.10. The van der Waals surface area contributed by atoms with Crippen LogP contribution in [0.3, 0.4) is 0 Å². The lowest BCUT2D eigenvalue weighted by molar-refractivity contribution is 0.744. The van der Waals surface area contributed by atoms with Gasteiger partial charge in [-0.15, -0.1) is 0 Å². The molecule has 0 amide bonds. The molecule has 0 spiro atoms. The lowest BCUT2D eigenvalue weighted by Gasteiger charge is -2.33.